The van der Waals surface area contributed by atoms with E-state index in [0.29, 0.717) is 55.9 Å². The van der Waals surface area contributed by atoms with Crippen molar-refractivity contribution in [3.05, 3.63) is 64.0 Å². The van der Waals surface area contributed by atoms with E-state index in [-0.39, 0.29) is 23.5 Å². The van der Waals surface area contributed by atoms with E-state index < -0.39 is 4.92 Å². The lowest BCUT2D eigenvalue weighted by Gasteiger charge is -2.31. The number of fused-ring (bicyclic) bond motifs is 1. The summed E-state index contributed by atoms with van der Waals surface area (Å²) in [7, 11) is 0. The number of benzene rings is 1. The Labute approximate surface area is 178 Å². The Morgan fingerprint density at radius 3 is 2.71 bits per heavy atom. The number of nitro benzene ring substituents is 1. The molecule has 3 heterocycles. The third-order valence-electron chi connectivity index (χ3n) is 5.61. The zero-order valence-corrected chi connectivity index (χ0v) is 17.2. The molecule has 0 aliphatic carbocycles. The molecule has 0 radical (unpaired) electrons. The molecule has 2 aromatic heterocycles. The first-order chi connectivity index (χ1) is 15.0. The first kappa shape index (κ1) is 20.6. The molecule has 4 rings (SSSR count). The molecule has 162 valence electrons. The van der Waals surface area contributed by atoms with Gasteiger partial charge in [-0.25, -0.2) is 0 Å². The van der Waals surface area contributed by atoms with Crippen molar-refractivity contribution in [1.82, 2.24) is 9.47 Å². The number of ether oxygens (including phenoxy) is 1. The Balaban J connectivity index is 1.57. The van der Waals surface area contributed by atoms with Crippen molar-refractivity contribution in [3.8, 4) is 0 Å². The van der Waals surface area contributed by atoms with Crippen LogP contribution in [-0.2, 0) is 16.1 Å². The van der Waals surface area contributed by atoms with Crippen LogP contribution in [0.5, 0.6) is 0 Å². The molecule has 0 atom stereocenters. The predicted molar refractivity (Wildman–Crippen MR) is 112 cm³/mol. The van der Waals surface area contributed by atoms with Gasteiger partial charge >= 0.3 is 5.97 Å². The number of piperidine rings is 1. The average Bonchev–Trinajstić information content (AvgIpc) is 3.36. The molecule has 9 heteroatoms. The molecule has 1 aromatic carbocycles. The zero-order valence-electron chi connectivity index (χ0n) is 17.2. The normalized spacial score (nSPS) is 14.7. The summed E-state index contributed by atoms with van der Waals surface area (Å²) in [5.41, 5.74) is 2.49. The van der Waals surface area contributed by atoms with Crippen LogP contribution in [0.15, 0.2) is 47.1 Å². The quantitative estimate of drug-likeness (QED) is 0.339. The second-order valence-electron chi connectivity index (χ2n) is 7.53. The molecule has 1 aliphatic rings. The lowest BCUT2D eigenvalue weighted by atomic mass is 9.97. The molecule has 3 aromatic rings. The van der Waals surface area contributed by atoms with E-state index in [2.05, 4.69) is 0 Å². The number of esters is 1. The molecule has 1 amide bonds. The molecule has 1 aliphatic heterocycles. The lowest BCUT2D eigenvalue weighted by molar-refractivity contribution is -0.384. The number of carbonyl (C=O) groups excluding carboxylic acids is 2. The van der Waals surface area contributed by atoms with Gasteiger partial charge in [0.15, 0.2) is 5.58 Å². The maximum atomic E-state index is 13.3. The summed E-state index contributed by atoms with van der Waals surface area (Å²) in [6.45, 7) is 3.35. The second-order valence-corrected chi connectivity index (χ2v) is 7.53. The Kier molecular flexibility index (Phi) is 5.75. The van der Waals surface area contributed by atoms with Crippen LogP contribution < -0.4 is 0 Å². The molecule has 0 N–H and O–H groups in total. The fourth-order valence-corrected chi connectivity index (χ4v) is 4.02. The highest BCUT2D eigenvalue weighted by Gasteiger charge is 2.30. The fourth-order valence-electron chi connectivity index (χ4n) is 4.02. The van der Waals surface area contributed by atoms with Gasteiger partial charge in [0.05, 0.1) is 29.2 Å². The van der Waals surface area contributed by atoms with Crippen molar-refractivity contribution in [2.75, 3.05) is 19.7 Å². The molecular weight excluding hydrogens is 402 g/mol. The van der Waals surface area contributed by atoms with Crippen molar-refractivity contribution in [2.45, 2.75) is 26.3 Å². The lowest BCUT2D eigenvalue weighted by Crippen LogP contribution is -2.41. The SMILES string of the molecule is CCOC(=O)C1CCN(C(=O)c2cc3occc3n2Cc2cccc([N+](=O)[O-])c2)CC1. The highest BCUT2D eigenvalue weighted by atomic mass is 16.6. The highest BCUT2D eigenvalue weighted by molar-refractivity contribution is 5.97. The summed E-state index contributed by atoms with van der Waals surface area (Å²) in [6.07, 6.45) is 2.67. The van der Waals surface area contributed by atoms with Crippen LogP contribution in [0.2, 0.25) is 0 Å². The largest absolute Gasteiger partial charge is 0.466 e. The smallest absolute Gasteiger partial charge is 0.309 e. The summed E-state index contributed by atoms with van der Waals surface area (Å²) in [6, 6.07) is 9.84. The van der Waals surface area contributed by atoms with Gasteiger partial charge in [0.2, 0.25) is 0 Å². The molecular formula is C22H23N3O6. The van der Waals surface area contributed by atoms with Crippen molar-refractivity contribution < 1.29 is 23.7 Å². The van der Waals surface area contributed by atoms with Crippen LogP contribution in [0.4, 0.5) is 5.69 Å². The van der Waals surface area contributed by atoms with Gasteiger partial charge in [-0.1, -0.05) is 12.1 Å². The maximum absolute atomic E-state index is 13.3. The number of likely N-dealkylation sites (tertiary alicyclic amines) is 1. The Morgan fingerprint density at radius 2 is 2.00 bits per heavy atom. The number of nitro groups is 1. The monoisotopic (exact) mass is 425 g/mol. The number of amides is 1. The number of hydrogen-bond acceptors (Lipinski definition) is 6. The minimum absolute atomic E-state index is 0.00186. The van der Waals surface area contributed by atoms with Gasteiger partial charge < -0.3 is 18.6 Å². The summed E-state index contributed by atoms with van der Waals surface area (Å²) in [5.74, 6) is -0.544. The van der Waals surface area contributed by atoms with Crippen molar-refractivity contribution in [2.24, 2.45) is 5.92 Å². The van der Waals surface area contributed by atoms with E-state index in [1.54, 1.807) is 42.4 Å². The molecule has 0 unspecified atom stereocenters. The summed E-state index contributed by atoms with van der Waals surface area (Å²) in [5, 5.41) is 11.1. The van der Waals surface area contributed by atoms with Crippen molar-refractivity contribution in [3.63, 3.8) is 0 Å². The molecule has 0 spiro atoms. The Bertz CT molecular complexity index is 1120. The number of non-ortho nitro benzene ring substituents is 1. The van der Waals surface area contributed by atoms with E-state index in [9.17, 15) is 19.7 Å². The molecule has 1 saturated heterocycles. The fraction of sp³-hybridized carbons (Fsp3) is 0.364. The van der Waals surface area contributed by atoms with Gasteiger partial charge in [0.25, 0.3) is 11.6 Å². The number of hydrogen-bond donors (Lipinski definition) is 0. The third-order valence-corrected chi connectivity index (χ3v) is 5.61. The van der Waals surface area contributed by atoms with E-state index in [1.165, 1.54) is 12.1 Å². The van der Waals surface area contributed by atoms with Gasteiger partial charge in [0, 0.05) is 43.9 Å². The second kappa shape index (κ2) is 8.63. The summed E-state index contributed by atoms with van der Waals surface area (Å²) >= 11 is 0. The number of furan rings is 1. The van der Waals surface area contributed by atoms with Gasteiger partial charge in [-0.3, -0.25) is 19.7 Å². The van der Waals surface area contributed by atoms with Crippen molar-refractivity contribution >= 4 is 28.7 Å². The average molecular weight is 425 g/mol. The van der Waals surface area contributed by atoms with Gasteiger partial charge in [-0.2, -0.15) is 0 Å². The maximum Gasteiger partial charge on any atom is 0.309 e. The summed E-state index contributed by atoms with van der Waals surface area (Å²) in [4.78, 5) is 37.7. The minimum atomic E-state index is -0.438. The van der Waals surface area contributed by atoms with Crippen LogP contribution in [-0.4, -0.2) is 46.0 Å². The molecule has 0 saturated carbocycles. The molecule has 31 heavy (non-hydrogen) atoms. The zero-order chi connectivity index (χ0) is 22.0. The molecule has 9 nitrogen and oxygen atoms in total. The number of carbonyl (C=O) groups is 2. The van der Waals surface area contributed by atoms with Crippen LogP contribution in [0, 0.1) is 16.0 Å². The Hall–Kier alpha value is -3.62. The number of aromatic nitrogens is 1. The van der Waals surface area contributed by atoms with Gasteiger partial charge in [0.1, 0.15) is 5.69 Å². The van der Waals surface area contributed by atoms with Crippen LogP contribution in [0.3, 0.4) is 0 Å². The first-order valence-corrected chi connectivity index (χ1v) is 10.2. The van der Waals surface area contributed by atoms with Crippen molar-refractivity contribution in [1.29, 1.82) is 0 Å². The Morgan fingerprint density at radius 1 is 1.23 bits per heavy atom. The van der Waals surface area contributed by atoms with E-state index in [0.717, 1.165) is 5.52 Å². The minimum Gasteiger partial charge on any atom is -0.466 e. The van der Waals surface area contributed by atoms with Crippen LogP contribution in [0.25, 0.3) is 11.1 Å². The molecule has 1 fully saturated rings. The van der Waals surface area contributed by atoms with E-state index >= 15 is 0 Å². The standard InChI is InChI=1S/C22H23N3O6/c1-2-30-22(27)16-6-9-23(10-7-16)21(26)19-13-20-18(8-11-31-20)24(19)14-15-4-3-5-17(12-15)25(28)29/h3-5,8,11-13,16H,2,6-7,9-10,14H2,1H3. The number of rotatable bonds is 6. The first-order valence-electron chi connectivity index (χ1n) is 10.2. The number of nitrogens with zero attached hydrogens (tertiary/aromatic N) is 3. The van der Waals surface area contributed by atoms with E-state index in [4.69, 9.17) is 9.15 Å². The van der Waals surface area contributed by atoms with Gasteiger partial charge in [-0.05, 0) is 25.3 Å². The van der Waals surface area contributed by atoms with Gasteiger partial charge in [-0.15, -0.1) is 0 Å². The third kappa shape index (κ3) is 4.16. The topological polar surface area (TPSA) is 108 Å². The van der Waals surface area contributed by atoms with Crippen LogP contribution >= 0.6 is 0 Å². The molecule has 0 bridgehead atoms. The van der Waals surface area contributed by atoms with Crippen LogP contribution in [0.1, 0.15) is 35.8 Å². The highest BCUT2D eigenvalue weighted by Crippen LogP contribution is 2.26. The van der Waals surface area contributed by atoms with E-state index in [1.807, 2.05) is 4.57 Å². The predicted octanol–water partition coefficient (Wildman–Crippen LogP) is 3.61. The summed E-state index contributed by atoms with van der Waals surface area (Å²) < 4.78 is 12.4.